The molecule has 6 nitrogen and oxygen atoms in total. The van der Waals surface area contributed by atoms with Crippen molar-refractivity contribution >= 4 is 17.5 Å². The van der Waals surface area contributed by atoms with Gasteiger partial charge in [0.1, 0.15) is 5.54 Å². The highest BCUT2D eigenvalue weighted by molar-refractivity contribution is 6.00. The van der Waals surface area contributed by atoms with Gasteiger partial charge in [0.15, 0.2) is 0 Å². The smallest absolute Gasteiger partial charge is 0.253 e. The van der Waals surface area contributed by atoms with Gasteiger partial charge in [-0.3, -0.25) is 9.59 Å². The third-order valence-electron chi connectivity index (χ3n) is 5.21. The average Bonchev–Trinajstić information content (AvgIpc) is 3.58. The first kappa shape index (κ1) is 20.4. The lowest BCUT2D eigenvalue weighted by Gasteiger charge is -2.23. The monoisotopic (exact) mass is 390 g/mol. The zero-order valence-electron chi connectivity index (χ0n) is 16.8. The summed E-state index contributed by atoms with van der Waals surface area (Å²) in [7, 11) is 0. The molecule has 3 N–H and O–H groups in total. The molecule has 0 aromatic heterocycles. The van der Waals surface area contributed by atoms with Crippen molar-refractivity contribution in [3.63, 3.8) is 0 Å². The van der Waals surface area contributed by atoms with E-state index in [1.165, 1.54) is 5.56 Å². The summed E-state index contributed by atoms with van der Waals surface area (Å²) in [5, 5.41) is 18.1. The first-order chi connectivity index (χ1) is 13.9. The Bertz CT molecular complexity index is 929. The number of hydrogen-bond donors (Lipinski definition) is 3. The van der Waals surface area contributed by atoms with Crippen molar-refractivity contribution in [2.75, 3.05) is 11.9 Å². The Kier molecular flexibility index (Phi) is 6.18. The average molecular weight is 390 g/mol. The fourth-order valence-corrected chi connectivity index (χ4v) is 3.21. The number of hydrogen-bond acceptors (Lipinski definition) is 4. The summed E-state index contributed by atoms with van der Waals surface area (Å²) < 4.78 is 0. The third-order valence-corrected chi connectivity index (χ3v) is 5.21. The highest BCUT2D eigenvalue weighted by Gasteiger charge is 2.42. The van der Waals surface area contributed by atoms with Gasteiger partial charge in [-0.2, -0.15) is 5.26 Å². The number of anilines is 1. The molecule has 6 heteroatoms. The van der Waals surface area contributed by atoms with Crippen LogP contribution in [0.4, 0.5) is 5.69 Å². The normalized spacial score (nSPS) is 14.9. The standard InChI is InChI=1S/C23H26N4O2/c1-16-7-9-17(10-8-16)13-26-22(29)19-5-3-4-6-20(19)25-14-21(28)27-23(2,15-24)18-11-12-18/h3-10,18,25H,11-14H2,1-2H3,(H,26,29)(H,27,28). The largest absolute Gasteiger partial charge is 0.376 e. The molecule has 29 heavy (non-hydrogen) atoms. The van der Waals surface area contributed by atoms with E-state index < -0.39 is 5.54 Å². The molecule has 2 aromatic carbocycles. The number of carbonyl (C=O) groups excluding carboxylic acids is 2. The van der Waals surface area contributed by atoms with Gasteiger partial charge in [-0.15, -0.1) is 0 Å². The Morgan fingerprint density at radius 2 is 1.83 bits per heavy atom. The van der Waals surface area contributed by atoms with Gasteiger partial charge in [-0.1, -0.05) is 42.0 Å². The lowest BCUT2D eigenvalue weighted by molar-refractivity contribution is -0.120. The van der Waals surface area contributed by atoms with E-state index in [9.17, 15) is 14.9 Å². The Morgan fingerprint density at radius 3 is 2.48 bits per heavy atom. The molecule has 0 radical (unpaired) electrons. The number of aryl methyl sites for hydroxylation is 1. The van der Waals surface area contributed by atoms with Crippen molar-refractivity contribution in [2.45, 2.75) is 38.8 Å². The van der Waals surface area contributed by atoms with Gasteiger partial charge in [-0.25, -0.2) is 0 Å². The highest BCUT2D eigenvalue weighted by Crippen LogP contribution is 2.39. The molecule has 150 valence electrons. The number of carbonyl (C=O) groups is 2. The second kappa shape index (κ2) is 8.78. The predicted molar refractivity (Wildman–Crippen MR) is 112 cm³/mol. The van der Waals surface area contributed by atoms with E-state index in [0.29, 0.717) is 17.8 Å². The van der Waals surface area contributed by atoms with Gasteiger partial charge in [-0.05, 0) is 50.3 Å². The van der Waals surface area contributed by atoms with Crippen molar-refractivity contribution in [3.8, 4) is 6.07 Å². The molecule has 1 aliphatic carbocycles. The molecule has 1 fully saturated rings. The minimum atomic E-state index is -0.830. The SMILES string of the molecule is Cc1ccc(CNC(=O)c2ccccc2NCC(=O)NC(C)(C#N)C2CC2)cc1. The molecule has 1 atom stereocenters. The van der Waals surface area contributed by atoms with Crippen LogP contribution in [0.2, 0.25) is 0 Å². The minimum Gasteiger partial charge on any atom is -0.376 e. The topological polar surface area (TPSA) is 94.0 Å². The van der Waals surface area contributed by atoms with Crippen molar-refractivity contribution in [3.05, 3.63) is 65.2 Å². The number of para-hydroxylation sites is 1. The van der Waals surface area contributed by atoms with Crippen LogP contribution in [0.3, 0.4) is 0 Å². The van der Waals surface area contributed by atoms with Crippen LogP contribution >= 0.6 is 0 Å². The number of nitriles is 1. The second-order valence-corrected chi connectivity index (χ2v) is 7.70. The molecule has 1 saturated carbocycles. The van der Waals surface area contributed by atoms with Gasteiger partial charge in [0.25, 0.3) is 5.91 Å². The molecule has 3 rings (SSSR count). The lowest BCUT2D eigenvalue weighted by atomic mass is 9.98. The van der Waals surface area contributed by atoms with E-state index in [2.05, 4.69) is 22.0 Å². The maximum atomic E-state index is 12.6. The van der Waals surface area contributed by atoms with Crippen LogP contribution in [0.15, 0.2) is 48.5 Å². The van der Waals surface area contributed by atoms with Crippen LogP contribution in [0.1, 0.15) is 41.3 Å². The van der Waals surface area contributed by atoms with Crippen molar-refractivity contribution < 1.29 is 9.59 Å². The maximum Gasteiger partial charge on any atom is 0.253 e. The molecule has 0 heterocycles. The van der Waals surface area contributed by atoms with Crippen molar-refractivity contribution in [1.82, 2.24) is 10.6 Å². The van der Waals surface area contributed by atoms with Gasteiger partial charge in [0.2, 0.25) is 5.91 Å². The van der Waals surface area contributed by atoms with Gasteiger partial charge < -0.3 is 16.0 Å². The van der Waals surface area contributed by atoms with Crippen LogP contribution in [-0.2, 0) is 11.3 Å². The summed E-state index contributed by atoms with van der Waals surface area (Å²) in [5.74, 6) is -0.263. The number of nitrogens with one attached hydrogen (secondary N) is 3. The van der Waals surface area contributed by atoms with Crippen LogP contribution in [0.25, 0.3) is 0 Å². The fourth-order valence-electron chi connectivity index (χ4n) is 3.21. The van der Waals surface area contributed by atoms with Crippen LogP contribution in [0, 0.1) is 24.2 Å². The fraction of sp³-hybridized carbons (Fsp3) is 0.348. The molecular formula is C23H26N4O2. The molecule has 2 amide bonds. The Hall–Kier alpha value is -3.33. The van der Waals surface area contributed by atoms with Crippen LogP contribution in [-0.4, -0.2) is 23.9 Å². The van der Waals surface area contributed by atoms with Gasteiger partial charge >= 0.3 is 0 Å². The van der Waals surface area contributed by atoms with Crippen LogP contribution < -0.4 is 16.0 Å². The second-order valence-electron chi connectivity index (χ2n) is 7.70. The number of amides is 2. The van der Waals surface area contributed by atoms with E-state index >= 15 is 0 Å². The number of nitrogens with zero attached hydrogens (tertiary/aromatic N) is 1. The summed E-state index contributed by atoms with van der Waals surface area (Å²) in [6.07, 6.45) is 1.92. The summed E-state index contributed by atoms with van der Waals surface area (Å²) in [5.41, 5.74) is 2.41. The van der Waals surface area contributed by atoms with E-state index in [4.69, 9.17) is 0 Å². The molecule has 0 saturated heterocycles. The highest BCUT2D eigenvalue weighted by atomic mass is 16.2. The van der Waals surface area contributed by atoms with E-state index in [-0.39, 0.29) is 24.3 Å². The van der Waals surface area contributed by atoms with Crippen molar-refractivity contribution in [1.29, 1.82) is 5.26 Å². The van der Waals surface area contributed by atoms with Gasteiger partial charge in [0.05, 0.1) is 18.2 Å². The minimum absolute atomic E-state index is 0.00769. The number of rotatable bonds is 8. The summed E-state index contributed by atoms with van der Waals surface area (Å²) >= 11 is 0. The lowest BCUT2D eigenvalue weighted by Crippen LogP contribution is -2.48. The molecule has 1 aliphatic rings. The number of benzene rings is 2. The Balaban J connectivity index is 1.58. The third kappa shape index (κ3) is 5.35. The quantitative estimate of drug-likeness (QED) is 0.645. The van der Waals surface area contributed by atoms with Gasteiger partial charge in [0, 0.05) is 12.2 Å². The summed E-state index contributed by atoms with van der Waals surface area (Å²) in [6.45, 7) is 4.20. The van der Waals surface area contributed by atoms with Crippen LogP contribution in [0.5, 0.6) is 0 Å². The zero-order valence-corrected chi connectivity index (χ0v) is 16.8. The predicted octanol–water partition coefficient (Wildman–Crippen LogP) is 3.15. The molecule has 1 unspecified atom stereocenters. The summed E-state index contributed by atoms with van der Waals surface area (Å²) in [6, 6.07) is 17.3. The van der Waals surface area contributed by atoms with E-state index in [1.807, 2.05) is 31.2 Å². The molecule has 0 aliphatic heterocycles. The first-order valence-corrected chi connectivity index (χ1v) is 9.80. The van der Waals surface area contributed by atoms with E-state index in [1.54, 1.807) is 31.2 Å². The molecular weight excluding hydrogens is 364 g/mol. The molecule has 2 aromatic rings. The molecule has 0 bridgehead atoms. The Labute approximate surface area is 171 Å². The first-order valence-electron chi connectivity index (χ1n) is 9.80. The maximum absolute atomic E-state index is 12.6. The van der Waals surface area contributed by atoms with E-state index in [0.717, 1.165) is 18.4 Å². The Morgan fingerprint density at radius 1 is 1.14 bits per heavy atom. The summed E-state index contributed by atoms with van der Waals surface area (Å²) in [4.78, 5) is 24.9. The van der Waals surface area contributed by atoms with Crippen molar-refractivity contribution in [2.24, 2.45) is 5.92 Å². The molecule has 0 spiro atoms. The zero-order chi connectivity index (χ0) is 20.9.